The van der Waals surface area contributed by atoms with E-state index in [2.05, 4.69) is 34.3 Å². The first-order valence-corrected chi connectivity index (χ1v) is 7.41. The van der Waals surface area contributed by atoms with Crippen LogP contribution < -0.4 is 10.6 Å². The minimum atomic E-state index is 0.0162. The van der Waals surface area contributed by atoms with Crippen LogP contribution in [0.4, 0.5) is 4.79 Å². The summed E-state index contributed by atoms with van der Waals surface area (Å²) in [6.07, 6.45) is 2.66. The highest BCUT2D eigenvalue weighted by atomic mass is 31.0. The molecule has 0 aromatic carbocycles. The standard InChI is InChI=1S/C6H11N2O2P.C4H11N2O2P/c9-6-7-3-1-2-5(4-7)8(6)10-11;1-4(6-9)2-8-5-3-7/h5H,1-4,11H2;3-4,6H,2,9H2,1H3,(H,5,7)/t5-;/m1./s1. The molecule has 0 spiro atoms. The fraction of sp³-hybridized carbons (Fsp3) is 0.800. The molecular formula is C10H22N4O4P2. The second-order valence-electron chi connectivity index (χ2n) is 4.57. The molecule has 0 aliphatic carbocycles. The van der Waals surface area contributed by atoms with Gasteiger partial charge in [0.1, 0.15) is 0 Å². The molecule has 116 valence electrons. The van der Waals surface area contributed by atoms with E-state index in [1.807, 2.05) is 11.8 Å². The third-order valence-corrected chi connectivity index (χ3v) is 3.85. The topological polar surface area (TPSA) is 83.1 Å². The molecule has 2 saturated heterocycles. The van der Waals surface area contributed by atoms with Gasteiger partial charge in [0.2, 0.25) is 6.41 Å². The molecule has 0 aromatic heterocycles. The van der Waals surface area contributed by atoms with Crippen molar-refractivity contribution in [3.63, 3.8) is 0 Å². The maximum absolute atomic E-state index is 11.3. The van der Waals surface area contributed by atoms with E-state index in [4.69, 9.17) is 4.62 Å². The van der Waals surface area contributed by atoms with E-state index in [0.29, 0.717) is 13.0 Å². The maximum Gasteiger partial charge on any atom is 0.344 e. The van der Waals surface area contributed by atoms with Crippen molar-refractivity contribution in [3.05, 3.63) is 0 Å². The number of hydroxylamine groups is 3. The molecule has 3 unspecified atom stereocenters. The molecule has 10 heteroatoms. The molecule has 8 nitrogen and oxygen atoms in total. The summed E-state index contributed by atoms with van der Waals surface area (Å²) in [4.78, 5) is 27.4. The van der Waals surface area contributed by atoms with Gasteiger partial charge in [0, 0.05) is 28.6 Å². The second-order valence-corrected chi connectivity index (χ2v) is 5.11. The number of nitrogens with one attached hydrogen (secondary N) is 2. The Kier molecular flexibility index (Phi) is 8.26. The number of carbonyl (C=O) groups is 2. The molecular weight excluding hydrogens is 302 g/mol. The Morgan fingerprint density at radius 3 is 2.90 bits per heavy atom. The normalized spacial score (nSPS) is 22.1. The van der Waals surface area contributed by atoms with Gasteiger partial charge in [-0.1, -0.05) is 9.39 Å². The zero-order valence-corrected chi connectivity index (χ0v) is 13.8. The van der Waals surface area contributed by atoms with Crippen molar-refractivity contribution in [2.24, 2.45) is 0 Å². The lowest BCUT2D eigenvalue weighted by Crippen LogP contribution is -2.30. The Morgan fingerprint density at radius 2 is 2.35 bits per heavy atom. The highest BCUT2D eigenvalue weighted by molar-refractivity contribution is 7.13. The summed E-state index contributed by atoms with van der Waals surface area (Å²) in [5.74, 6) is 0. The highest BCUT2D eigenvalue weighted by Gasteiger charge is 2.40. The van der Waals surface area contributed by atoms with Gasteiger partial charge in [0.25, 0.3) is 0 Å². The van der Waals surface area contributed by atoms with Crippen molar-refractivity contribution in [1.29, 1.82) is 0 Å². The molecule has 0 radical (unpaired) electrons. The van der Waals surface area contributed by atoms with Crippen molar-refractivity contribution < 1.29 is 19.1 Å². The second kappa shape index (κ2) is 9.42. The Morgan fingerprint density at radius 1 is 1.60 bits per heavy atom. The van der Waals surface area contributed by atoms with Crippen molar-refractivity contribution in [2.75, 3.05) is 19.7 Å². The van der Waals surface area contributed by atoms with Crippen LogP contribution in [0.15, 0.2) is 0 Å². The molecule has 2 N–H and O–H groups in total. The molecule has 3 amide bonds. The lowest BCUT2D eigenvalue weighted by Gasteiger charge is -2.20. The lowest BCUT2D eigenvalue weighted by molar-refractivity contribution is -0.120. The Labute approximate surface area is 123 Å². The Hall–Kier alpha value is -0.520. The van der Waals surface area contributed by atoms with E-state index in [1.165, 1.54) is 5.06 Å². The van der Waals surface area contributed by atoms with E-state index in [0.717, 1.165) is 25.9 Å². The van der Waals surface area contributed by atoms with E-state index in [1.54, 1.807) is 0 Å². The fourth-order valence-corrected chi connectivity index (χ4v) is 2.36. The third kappa shape index (κ3) is 5.11. The first kappa shape index (κ1) is 17.5. The molecule has 4 atom stereocenters. The van der Waals surface area contributed by atoms with Crippen molar-refractivity contribution in [1.82, 2.24) is 20.5 Å². The summed E-state index contributed by atoms with van der Waals surface area (Å²) in [5, 5.41) is 4.32. The number of hydrogen-bond donors (Lipinski definition) is 2. The van der Waals surface area contributed by atoms with Crippen molar-refractivity contribution in [2.45, 2.75) is 31.8 Å². The van der Waals surface area contributed by atoms with Crippen LogP contribution in [0, 0.1) is 0 Å². The molecule has 2 rings (SSSR count). The molecule has 2 heterocycles. The summed E-state index contributed by atoms with van der Waals surface area (Å²) in [7, 11) is 4.48. The van der Waals surface area contributed by atoms with Gasteiger partial charge in [-0.15, -0.1) is 0 Å². The van der Waals surface area contributed by atoms with Crippen LogP contribution in [0.1, 0.15) is 19.8 Å². The van der Waals surface area contributed by atoms with Crippen LogP contribution in [0.2, 0.25) is 0 Å². The van der Waals surface area contributed by atoms with Gasteiger partial charge in [-0.05, 0) is 19.8 Å². The summed E-state index contributed by atoms with van der Waals surface area (Å²) in [6, 6.07) is 0.527. The van der Waals surface area contributed by atoms with E-state index >= 15 is 0 Å². The number of urea groups is 1. The van der Waals surface area contributed by atoms with Gasteiger partial charge in [0.05, 0.1) is 12.6 Å². The molecule has 20 heavy (non-hydrogen) atoms. The first-order chi connectivity index (χ1) is 9.63. The molecule has 2 fully saturated rings. The molecule has 2 aliphatic rings. The minimum Gasteiger partial charge on any atom is -0.321 e. The number of amides is 3. The Bertz CT molecular complexity index is 324. The minimum absolute atomic E-state index is 0.0162. The van der Waals surface area contributed by atoms with E-state index in [9.17, 15) is 9.59 Å². The van der Waals surface area contributed by atoms with Crippen LogP contribution in [-0.4, -0.2) is 54.2 Å². The molecule has 2 bridgehead atoms. The van der Waals surface area contributed by atoms with E-state index in [-0.39, 0.29) is 18.1 Å². The van der Waals surface area contributed by atoms with Crippen LogP contribution >= 0.6 is 18.9 Å². The summed E-state index contributed by atoms with van der Waals surface area (Å²) < 4.78 is 4.90. The van der Waals surface area contributed by atoms with Crippen LogP contribution in [0.3, 0.4) is 0 Å². The number of rotatable bonds is 6. The quantitative estimate of drug-likeness (QED) is 0.312. The lowest BCUT2D eigenvalue weighted by atomic mass is 10.1. The van der Waals surface area contributed by atoms with Crippen LogP contribution in [-0.2, 0) is 14.3 Å². The largest absolute Gasteiger partial charge is 0.344 e. The molecule has 0 aromatic rings. The number of hydrogen-bond acceptors (Lipinski definition) is 5. The van der Waals surface area contributed by atoms with Gasteiger partial charge in [-0.3, -0.25) is 19.3 Å². The number of piperidine rings is 1. The predicted molar refractivity (Wildman–Crippen MR) is 80.1 cm³/mol. The number of carbonyl (C=O) groups excluding carboxylic acids is 2. The number of fused-ring (bicyclic) bond motifs is 2. The summed E-state index contributed by atoms with van der Waals surface area (Å²) in [5.41, 5.74) is 2.08. The molecule has 0 saturated carbocycles. The number of nitrogens with zero attached hydrogens (tertiary/aromatic N) is 2. The van der Waals surface area contributed by atoms with Gasteiger partial charge in [0.15, 0.2) is 0 Å². The van der Waals surface area contributed by atoms with Crippen LogP contribution in [0.5, 0.6) is 0 Å². The maximum atomic E-state index is 11.3. The fourth-order valence-electron chi connectivity index (χ4n) is 2.00. The van der Waals surface area contributed by atoms with Gasteiger partial charge in [-0.25, -0.2) is 10.3 Å². The zero-order chi connectivity index (χ0) is 15.0. The van der Waals surface area contributed by atoms with Crippen molar-refractivity contribution in [3.8, 4) is 0 Å². The third-order valence-electron chi connectivity index (χ3n) is 3.05. The van der Waals surface area contributed by atoms with E-state index < -0.39 is 0 Å². The van der Waals surface area contributed by atoms with Crippen molar-refractivity contribution >= 4 is 31.3 Å². The highest BCUT2D eigenvalue weighted by Crippen LogP contribution is 2.26. The average molecular weight is 324 g/mol. The summed E-state index contributed by atoms with van der Waals surface area (Å²) in [6.45, 7) is 4.12. The Balaban J connectivity index is 0.000000206. The smallest absolute Gasteiger partial charge is 0.321 e. The predicted octanol–water partition coefficient (Wildman–Crippen LogP) is 0.0403. The van der Waals surface area contributed by atoms with Crippen LogP contribution in [0.25, 0.3) is 0 Å². The monoisotopic (exact) mass is 324 g/mol. The van der Waals surface area contributed by atoms with Gasteiger partial charge >= 0.3 is 6.03 Å². The van der Waals surface area contributed by atoms with Gasteiger partial charge < -0.3 is 4.90 Å². The zero-order valence-electron chi connectivity index (χ0n) is 11.4. The average Bonchev–Trinajstić information content (AvgIpc) is 2.69. The molecule has 2 aliphatic heterocycles. The SMILES string of the molecule is CC(CONC=O)NP.O=C1N2CCC[C@H](C2)N1OP. The van der Waals surface area contributed by atoms with Gasteiger partial charge in [-0.2, -0.15) is 5.06 Å². The first-order valence-electron chi connectivity index (χ1n) is 6.36. The summed E-state index contributed by atoms with van der Waals surface area (Å²) >= 11 is 0.